The van der Waals surface area contributed by atoms with Gasteiger partial charge in [-0.3, -0.25) is 9.69 Å². The topological polar surface area (TPSA) is 41.6 Å². The zero-order chi connectivity index (χ0) is 17.5. The van der Waals surface area contributed by atoms with Gasteiger partial charge in [0, 0.05) is 32.8 Å². The monoisotopic (exact) mass is 338 g/mol. The van der Waals surface area contributed by atoms with Crippen LogP contribution in [0.4, 0.5) is 0 Å². The fraction of sp³-hybridized carbons (Fsp3) is 0.381. The SMILES string of the molecule is COC(C(=O)NC1CCN(Cc2ccccc2)CC1)c1ccccc1. The number of hydrogen-bond donors (Lipinski definition) is 1. The van der Waals surface area contributed by atoms with Crippen LogP contribution < -0.4 is 5.32 Å². The van der Waals surface area contributed by atoms with Gasteiger partial charge < -0.3 is 10.1 Å². The molecule has 1 saturated heterocycles. The van der Waals surface area contributed by atoms with E-state index in [1.54, 1.807) is 7.11 Å². The smallest absolute Gasteiger partial charge is 0.253 e. The Bertz CT molecular complexity index is 652. The van der Waals surface area contributed by atoms with E-state index in [0.29, 0.717) is 0 Å². The molecule has 25 heavy (non-hydrogen) atoms. The van der Waals surface area contributed by atoms with Crippen LogP contribution in [-0.4, -0.2) is 37.0 Å². The van der Waals surface area contributed by atoms with Crippen molar-refractivity contribution in [2.45, 2.75) is 31.5 Å². The van der Waals surface area contributed by atoms with Gasteiger partial charge in [0.25, 0.3) is 5.91 Å². The van der Waals surface area contributed by atoms with E-state index in [2.05, 4.69) is 34.5 Å². The summed E-state index contributed by atoms with van der Waals surface area (Å²) in [5.41, 5.74) is 2.23. The Morgan fingerprint density at radius 2 is 1.68 bits per heavy atom. The zero-order valence-corrected chi connectivity index (χ0v) is 14.7. The molecule has 1 atom stereocenters. The Morgan fingerprint density at radius 3 is 2.28 bits per heavy atom. The number of piperidine rings is 1. The van der Waals surface area contributed by atoms with Gasteiger partial charge in [-0.1, -0.05) is 60.7 Å². The molecule has 0 bridgehead atoms. The Kier molecular flexibility index (Phi) is 6.20. The van der Waals surface area contributed by atoms with Gasteiger partial charge in [-0.15, -0.1) is 0 Å². The summed E-state index contributed by atoms with van der Waals surface area (Å²) in [6.07, 6.45) is 1.41. The highest BCUT2D eigenvalue weighted by Crippen LogP contribution is 2.19. The molecular weight excluding hydrogens is 312 g/mol. The van der Waals surface area contributed by atoms with Gasteiger partial charge in [-0.25, -0.2) is 0 Å². The van der Waals surface area contributed by atoms with Crippen LogP contribution in [0.1, 0.15) is 30.1 Å². The second kappa shape index (κ2) is 8.79. The minimum Gasteiger partial charge on any atom is -0.367 e. The van der Waals surface area contributed by atoms with Crippen molar-refractivity contribution in [3.05, 3.63) is 71.8 Å². The predicted molar refractivity (Wildman–Crippen MR) is 99.1 cm³/mol. The summed E-state index contributed by atoms with van der Waals surface area (Å²) < 4.78 is 5.42. The van der Waals surface area contributed by atoms with Gasteiger partial charge in [0.2, 0.25) is 0 Å². The second-order valence-corrected chi connectivity index (χ2v) is 6.57. The lowest BCUT2D eigenvalue weighted by Crippen LogP contribution is -2.45. The number of nitrogens with one attached hydrogen (secondary N) is 1. The van der Waals surface area contributed by atoms with Crippen LogP contribution in [0.3, 0.4) is 0 Å². The number of nitrogens with zero attached hydrogens (tertiary/aromatic N) is 1. The molecule has 0 aliphatic carbocycles. The van der Waals surface area contributed by atoms with Crippen molar-refractivity contribution in [2.75, 3.05) is 20.2 Å². The summed E-state index contributed by atoms with van der Waals surface area (Å²) in [6.45, 7) is 2.98. The van der Waals surface area contributed by atoms with Crippen LogP contribution in [0.25, 0.3) is 0 Å². The number of methoxy groups -OCH3 is 1. The molecule has 1 aliphatic rings. The van der Waals surface area contributed by atoms with Gasteiger partial charge in [0.1, 0.15) is 0 Å². The number of amides is 1. The first-order valence-electron chi connectivity index (χ1n) is 8.90. The van der Waals surface area contributed by atoms with Crippen molar-refractivity contribution in [1.29, 1.82) is 0 Å². The molecule has 0 aromatic heterocycles. The molecule has 3 rings (SSSR count). The Balaban J connectivity index is 1.49. The minimum absolute atomic E-state index is 0.0461. The molecule has 132 valence electrons. The molecule has 0 spiro atoms. The van der Waals surface area contributed by atoms with E-state index in [1.807, 2.05) is 36.4 Å². The molecule has 1 aliphatic heterocycles. The highest BCUT2D eigenvalue weighted by Gasteiger charge is 2.25. The molecule has 2 aromatic carbocycles. The van der Waals surface area contributed by atoms with Crippen LogP contribution in [0.2, 0.25) is 0 Å². The normalized spacial score (nSPS) is 17.2. The lowest BCUT2D eigenvalue weighted by molar-refractivity contribution is -0.132. The molecule has 1 N–H and O–H groups in total. The largest absolute Gasteiger partial charge is 0.367 e. The van der Waals surface area contributed by atoms with E-state index in [1.165, 1.54) is 5.56 Å². The third kappa shape index (κ3) is 4.91. The Morgan fingerprint density at radius 1 is 1.08 bits per heavy atom. The summed E-state index contributed by atoms with van der Waals surface area (Å²) in [5.74, 6) is -0.0461. The van der Waals surface area contributed by atoms with Crippen LogP contribution in [0.5, 0.6) is 0 Å². The van der Waals surface area contributed by atoms with E-state index < -0.39 is 6.10 Å². The molecule has 4 heteroatoms. The maximum atomic E-state index is 12.6. The van der Waals surface area contributed by atoms with Gasteiger partial charge in [-0.05, 0) is 24.0 Å². The number of rotatable bonds is 6. The summed E-state index contributed by atoms with van der Waals surface area (Å²) in [7, 11) is 1.58. The van der Waals surface area contributed by atoms with Gasteiger partial charge in [0.15, 0.2) is 6.10 Å². The van der Waals surface area contributed by atoms with E-state index >= 15 is 0 Å². The number of likely N-dealkylation sites (tertiary alicyclic amines) is 1. The fourth-order valence-corrected chi connectivity index (χ4v) is 3.38. The molecule has 1 fully saturated rings. The van der Waals surface area contributed by atoms with Crippen molar-refractivity contribution in [3.63, 3.8) is 0 Å². The maximum absolute atomic E-state index is 12.6. The number of carbonyl (C=O) groups is 1. The van der Waals surface area contributed by atoms with E-state index in [-0.39, 0.29) is 11.9 Å². The first kappa shape index (κ1) is 17.6. The zero-order valence-electron chi connectivity index (χ0n) is 14.7. The van der Waals surface area contributed by atoms with Gasteiger partial charge in [-0.2, -0.15) is 0 Å². The maximum Gasteiger partial charge on any atom is 0.253 e. The van der Waals surface area contributed by atoms with Crippen LogP contribution in [0, 0.1) is 0 Å². The minimum atomic E-state index is -0.538. The molecule has 4 nitrogen and oxygen atoms in total. The van der Waals surface area contributed by atoms with Gasteiger partial charge >= 0.3 is 0 Å². The van der Waals surface area contributed by atoms with E-state index in [0.717, 1.165) is 38.0 Å². The lowest BCUT2D eigenvalue weighted by atomic mass is 10.0. The van der Waals surface area contributed by atoms with Crippen molar-refractivity contribution in [1.82, 2.24) is 10.2 Å². The van der Waals surface area contributed by atoms with Gasteiger partial charge in [0.05, 0.1) is 0 Å². The molecule has 1 amide bonds. The summed E-state index contributed by atoms with van der Waals surface area (Å²) >= 11 is 0. The van der Waals surface area contributed by atoms with Crippen molar-refractivity contribution in [3.8, 4) is 0 Å². The average molecular weight is 338 g/mol. The van der Waals surface area contributed by atoms with Crippen LogP contribution in [-0.2, 0) is 16.1 Å². The quantitative estimate of drug-likeness (QED) is 0.880. The Labute approximate surface area is 149 Å². The van der Waals surface area contributed by atoms with E-state index in [4.69, 9.17) is 4.74 Å². The van der Waals surface area contributed by atoms with Crippen LogP contribution in [0.15, 0.2) is 60.7 Å². The van der Waals surface area contributed by atoms with Crippen molar-refractivity contribution in [2.24, 2.45) is 0 Å². The average Bonchev–Trinajstić information content (AvgIpc) is 2.66. The van der Waals surface area contributed by atoms with Crippen molar-refractivity contribution < 1.29 is 9.53 Å². The number of benzene rings is 2. The summed E-state index contributed by atoms with van der Waals surface area (Å²) in [4.78, 5) is 15.0. The molecule has 1 heterocycles. The van der Waals surface area contributed by atoms with Crippen molar-refractivity contribution >= 4 is 5.91 Å². The standard InChI is InChI=1S/C21H26N2O2/c1-25-20(18-10-6-3-7-11-18)21(24)22-19-12-14-23(15-13-19)16-17-8-4-2-5-9-17/h2-11,19-20H,12-16H2,1H3,(H,22,24). The molecule has 0 radical (unpaired) electrons. The second-order valence-electron chi connectivity index (χ2n) is 6.57. The predicted octanol–water partition coefficient (Wildman–Crippen LogP) is 3.15. The summed E-state index contributed by atoms with van der Waals surface area (Å²) in [5, 5.41) is 3.16. The molecular formula is C21H26N2O2. The third-order valence-corrected chi connectivity index (χ3v) is 4.76. The summed E-state index contributed by atoms with van der Waals surface area (Å²) in [6, 6.07) is 20.4. The first-order valence-corrected chi connectivity index (χ1v) is 8.90. The highest BCUT2D eigenvalue weighted by molar-refractivity contribution is 5.82. The number of hydrogen-bond acceptors (Lipinski definition) is 3. The third-order valence-electron chi connectivity index (χ3n) is 4.76. The highest BCUT2D eigenvalue weighted by atomic mass is 16.5. The molecule has 0 saturated carbocycles. The lowest BCUT2D eigenvalue weighted by Gasteiger charge is -2.33. The molecule has 1 unspecified atom stereocenters. The van der Waals surface area contributed by atoms with E-state index in [9.17, 15) is 4.79 Å². The van der Waals surface area contributed by atoms with Crippen LogP contribution >= 0.6 is 0 Å². The fourth-order valence-electron chi connectivity index (χ4n) is 3.38. The first-order chi connectivity index (χ1) is 12.3. The number of ether oxygens (including phenoxy) is 1. The molecule has 2 aromatic rings. The Hall–Kier alpha value is -2.17. The number of carbonyl (C=O) groups excluding carboxylic acids is 1.